The second-order valence-corrected chi connectivity index (χ2v) is 8.89. The zero-order valence-electron chi connectivity index (χ0n) is 17.6. The van der Waals surface area contributed by atoms with Crippen LogP contribution in [0.1, 0.15) is 11.3 Å². The Labute approximate surface area is 212 Å². The van der Waals surface area contributed by atoms with Crippen molar-refractivity contribution in [1.29, 1.82) is 5.26 Å². The zero-order valence-corrected chi connectivity index (χ0v) is 21.3. The van der Waals surface area contributed by atoms with Gasteiger partial charge < -0.3 is 13.9 Å². The maximum Gasteiger partial charge on any atom is 0.222 e. The van der Waals surface area contributed by atoms with Gasteiger partial charge in [-0.3, -0.25) is 0 Å². The van der Waals surface area contributed by atoms with Crippen LogP contribution in [0.2, 0.25) is 10.0 Å². The summed E-state index contributed by atoms with van der Waals surface area (Å²) in [5.74, 6) is 0.879. The topological polar surface area (TPSA) is 107 Å². The molecule has 33 heavy (non-hydrogen) atoms. The lowest BCUT2D eigenvalue weighted by molar-refractivity contribution is 0.458. The Balaban J connectivity index is 0.000000183. The van der Waals surface area contributed by atoms with Crippen LogP contribution in [0.4, 0.5) is 0 Å². The molecule has 0 unspecified atom stereocenters. The van der Waals surface area contributed by atoms with Crippen LogP contribution in [0, 0.1) is 22.0 Å². The molecule has 166 valence electrons. The summed E-state index contributed by atoms with van der Waals surface area (Å²) in [6.07, 6.45) is 4.85. The first-order valence-corrected chi connectivity index (χ1v) is 11.3. The molecule has 0 aliphatic heterocycles. The van der Waals surface area contributed by atoms with E-state index in [1.54, 1.807) is 35.4 Å². The predicted octanol–water partition coefficient (Wildman–Crippen LogP) is 5.22. The van der Waals surface area contributed by atoms with Gasteiger partial charge in [0.25, 0.3) is 0 Å². The number of nitrogens with zero attached hydrogens (tertiary/aromatic N) is 8. The summed E-state index contributed by atoms with van der Waals surface area (Å²) in [6, 6.07) is 7.04. The van der Waals surface area contributed by atoms with E-state index in [-0.39, 0.29) is 0 Å². The van der Waals surface area contributed by atoms with E-state index in [1.807, 2.05) is 31.7 Å². The minimum Gasteiger partial charge on any atom is -0.437 e. The minimum absolute atomic E-state index is 0.341. The summed E-state index contributed by atoms with van der Waals surface area (Å²) in [5.41, 5.74) is 3.99. The number of nitriles is 1. The van der Waals surface area contributed by atoms with Crippen molar-refractivity contribution >= 4 is 68.1 Å². The van der Waals surface area contributed by atoms with Crippen molar-refractivity contribution in [2.75, 3.05) is 0 Å². The monoisotopic (exact) mass is 592 g/mol. The second-order valence-electron chi connectivity index (χ2n) is 6.97. The van der Waals surface area contributed by atoms with Crippen molar-refractivity contribution < 1.29 is 4.74 Å². The lowest BCUT2D eigenvalue weighted by Crippen LogP contribution is -1.95. The van der Waals surface area contributed by atoms with E-state index < -0.39 is 0 Å². The van der Waals surface area contributed by atoms with Gasteiger partial charge in [0, 0.05) is 20.2 Å². The lowest BCUT2D eigenvalue weighted by atomic mass is 10.2. The van der Waals surface area contributed by atoms with Crippen molar-refractivity contribution in [2.45, 2.75) is 6.92 Å². The average Bonchev–Trinajstić information content (AvgIpc) is 3.33. The zero-order chi connectivity index (χ0) is 23.7. The van der Waals surface area contributed by atoms with Crippen LogP contribution >= 0.6 is 45.8 Å². The van der Waals surface area contributed by atoms with Crippen LogP contribution in [0.5, 0.6) is 11.6 Å². The number of rotatable bonds is 2. The van der Waals surface area contributed by atoms with E-state index in [4.69, 9.17) is 33.2 Å². The summed E-state index contributed by atoms with van der Waals surface area (Å²) in [6.45, 7) is 1.84. The molecule has 0 aromatic carbocycles. The number of hydrogen-bond acceptors (Lipinski definition) is 7. The number of aromatic nitrogens is 7. The Kier molecular flexibility index (Phi) is 6.64. The van der Waals surface area contributed by atoms with Crippen LogP contribution in [-0.2, 0) is 14.1 Å². The predicted molar refractivity (Wildman–Crippen MR) is 134 cm³/mol. The van der Waals surface area contributed by atoms with E-state index >= 15 is 0 Å². The standard InChI is InChI=1S/C14H10ClN5O.C7H5ClIN3/c1-8-3-9(5-16)17-6-11(8)21-12-4-10(15)13-14(19-12)20(2)7-18-13;1-12-3-10-6-4(8)2-5(9)11-7(6)12/h3-4,6-7H,1-2H3;2-3H,1H3. The third-order valence-electron chi connectivity index (χ3n) is 4.58. The number of ether oxygens (including phenoxy) is 1. The molecule has 0 bridgehead atoms. The van der Waals surface area contributed by atoms with Gasteiger partial charge in [0.1, 0.15) is 26.5 Å². The van der Waals surface area contributed by atoms with Crippen molar-refractivity contribution in [2.24, 2.45) is 14.1 Å². The molecule has 0 fully saturated rings. The first-order chi connectivity index (χ1) is 15.8. The highest BCUT2D eigenvalue weighted by molar-refractivity contribution is 14.1. The lowest BCUT2D eigenvalue weighted by Gasteiger charge is -2.08. The molecule has 0 amide bonds. The summed E-state index contributed by atoms with van der Waals surface area (Å²) >= 11 is 14.3. The van der Waals surface area contributed by atoms with E-state index in [2.05, 4.69) is 47.5 Å². The molecule has 0 saturated carbocycles. The minimum atomic E-state index is 0.341. The average molecular weight is 593 g/mol. The highest BCUT2D eigenvalue weighted by Gasteiger charge is 2.11. The van der Waals surface area contributed by atoms with E-state index in [0.717, 1.165) is 20.4 Å². The number of fused-ring (bicyclic) bond motifs is 2. The van der Waals surface area contributed by atoms with Gasteiger partial charge in [-0.1, -0.05) is 23.2 Å². The number of pyridine rings is 3. The van der Waals surface area contributed by atoms with Crippen molar-refractivity contribution in [3.8, 4) is 17.7 Å². The number of hydrogen-bond donors (Lipinski definition) is 0. The number of halogens is 3. The van der Waals surface area contributed by atoms with Crippen LogP contribution < -0.4 is 4.74 Å². The van der Waals surface area contributed by atoms with Crippen LogP contribution in [0.15, 0.2) is 37.1 Å². The van der Waals surface area contributed by atoms with Gasteiger partial charge in [0.05, 0.1) is 28.9 Å². The number of imidazole rings is 2. The smallest absolute Gasteiger partial charge is 0.222 e. The molecule has 0 spiro atoms. The summed E-state index contributed by atoms with van der Waals surface area (Å²) in [5, 5.41) is 9.94. The first kappa shape index (κ1) is 23.2. The first-order valence-electron chi connectivity index (χ1n) is 9.42. The fourth-order valence-corrected chi connectivity index (χ4v) is 4.13. The maximum absolute atomic E-state index is 8.81. The van der Waals surface area contributed by atoms with E-state index in [0.29, 0.717) is 38.5 Å². The molecule has 0 aliphatic carbocycles. The summed E-state index contributed by atoms with van der Waals surface area (Å²) < 4.78 is 10.2. The molecule has 0 radical (unpaired) electrons. The molecule has 0 saturated heterocycles. The molecular weight excluding hydrogens is 578 g/mol. The van der Waals surface area contributed by atoms with Gasteiger partial charge in [-0.2, -0.15) is 10.2 Å². The van der Waals surface area contributed by atoms with Crippen LogP contribution in [0.25, 0.3) is 22.3 Å². The molecule has 0 atom stereocenters. The molecule has 5 aromatic heterocycles. The molecule has 12 heteroatoms. The van der Waals surface area contributed by atoms with Crippen molar-refractivity contribution in [1.82, 2.24) is 34.1 Å². The van der Waals surface area contributed by atoms with Crippen LogP contribution in [-0.4, -0.2) is 34.1 Å². The Bertz CT molecular complexity index is 1540. The Morgan fingerprint density at radius 3 is 2.15 bits per heavy atom. The van der Waals surface area contributed by atoms with Gasteiger partial charge in [-0.15, -0.1) is 0 Å². The largest absolute Gasteiger partial charge is 0.437 e. The Morgan fingerprint density at radius 2 is 1.55 bits per heavy atom. The third-order valence-corrected chi connectivity index (χ3v) is 5.71. The fourth-order valence-electron chi connectivity index (χ4n) is 2.94. The highest BCUT2D eigenvalue weighted by Crippen LogP contribution is 2.29. The van der Waals surface area contributed by atoms with Gasteiger partial charge in [0.15, 0.2) is 17.0 Å². The van der Waals surface area contributed by atoms with E-state index in [9.17, 15) is 0 Å². The molecule has 5 aromatic rings. The molecule has 9 nitrogen and oxygen atoms in total. The van der Waals surface area contributed by atoms with Gasteiger partial charge in [-0.05, 0) is 47.2 Å². The van der Waals surface area contributed by atoms with Crippen molar-refractivity contribution in [3.63, 3.8) is 0 Å². The Hall–Kier alpha value is -3.01. The highest BCUT2D eigenvalue weighted by atomic mass is 127. The quantitative estimate of drug-likeness (QED) is 0.204. The Morgan fingerprint density at radius 1 is 0.939 bits per heavy atom. The fraction of sp³-hybridized carbons (Fsp3) is 0.143. The van der Waals surface area contributed by atoms with Gasteiger partial charge in [-0.25, -0.2) is 19.9 Å². The summed E-state index contributed by atoms with van der Waals surface area (Å²) in [7, 11) is 3.73. The SMILES string of the molecule is Cc1cc(C#N)ncc1Oc1cc(Cl)c2ncn(C)c2n1.Cn1cnc2c(Cl)cc(I)nc21. The number of aryl methyl sites for hydroxylation is 3. The van der Waals surface area contributed by atoms with Crippen LogP contribution in [0.3, 0.4) is 0 Å². The molecular formula is C21H15Cl2IN8O. The van der Waals surface area contributed by atoms with Gasteiger partial charge in [0.2, 0.25) is 5.88 Å². The summed E-state index contributed by atoms with van der Waals surface area (Å²) in [4.78, 5) is 21.0. The second kappa shape index (κ2) is 9.46. The molecule has 0 aliphatic rings. The van der Waals surface area contributed by atoms with Gasteiger partial charge >= 0.3 is 0 Å². The molecule has 5 heterocycles. The van der Waals surface area contributed by atoms with E-state index in [1.165, 1.54) is 6.20 Å². The normalized spacial score (nSPS) is 10.7. The molecule has 0 N–H and O–H groups in total. The maximum atomic E-state index is 8.81. The third kappa shape index (κ3) is 4.85. The van der Waals surface area contributed by atoms with Crippen molar-refractivity contribution in [3.05, 3.63) is 62.1 Å². The molecule has 5 rings (SSSR count).